The van der Waals surface area contributed by atoms with Crippen LogP contribution in [0.3, 0.4) is 0 Å². The van der Waals surface area contributed by atoms with Gasteiger partial charge < -0.3 is 19.0 Å². The van der Waals surface area contributed by atoms with Gasteiger partial charge in [0, 0.05) is 65.0 Å². The molecule has 0 fully saturated rings. The second kappa shape index (κ2) is 7.60. The highest BCUT2D eigenvalue weighted by atomic mass is 16.5. The van der Waals surface area contributed by atoms with Crippen molar-refractivity contribution in [1.82, 2.24) is 14.5 Å². The summed E-state index contributed by atoms with van der Waals surface area (Å²) in [6.45, 7) is 0.834. The van der Waals surface area contributed by atoms with Gasteiger partial charge in [-0.3, -0.25) is 14.9 Å². The number of aliphatic hydroxyl groups excluding tert-OH is 1. The zero-order chi connectivity index (χ0) is 23.6. The van der Waals surface area contributed by atoms with Gasteiger partial charge in [-0.25, -0.2) is 0 Å². The number of aromatic nitrogens is 2. The lowest BCUT2D eigenvalue weighted by molar-refractivity contribution is -0.122. The van der Waals surface area contributed by atoms with Crippen LogP contribution in [0.15, 0.2) is 48.7 Å². The van der Waals surface area contributed by atoms with Gasteiger partial charge in [-0.2, -0.15) is 0 Å². The van der Waals surface area contributed by atoms with Gasteiger partial charge in [0.15, 0.2) is 0 Å². The standard InChI is InChI=1S/C27H25N3O4/c1-29-13-19(17-5-3-4-6-20(17)29)24-25(27(33)28-26(24)32)23-18-12-16(34-2)7-8-21(18)30-10-9-15(14-31)11-22(23)30/h3-8,12-13,15,31H,9-11,14H2,1-2H3,(H,28,32,33). The van der Waals surface area contributed by atoms with Gasteiger partial charge in [-0.1, -0.05) is 18.2 Å². The number of aryl methyl sites for hydroxylation is 2. The lowest BCUT2D eigenvalue weighted by atomic mass is 9.89. The summed E-state index contributed by atoms with van der Waals surface area (Å²) in [5.41, 5.74) is 5.26. The number of imide groups is 1. The lowest BCUT2D eigenvalue weighted by Gasteiger charge is -2.24. The van der Waals surface area contributed by atoms with Crippen LogP contribution in [0.5, 0.6) is 5.75 Å². The summed E-state index contributed by atoms with van der Waals surface area (Å²) in [4.78, 5) is 26.6. The molecule has 1 atom stereocenters. The van der Waals surface area contributed by atoms with E-state index in [1.807, 2.05) is 60.3 Å². The number of carbonyl (C=O) groups is 2. The number of rotatable bonds is 4. The molecule has 0 radical (unpaired) electrons. The minimum Gasteiger partial charge on any atom is -0.497 e. The first-order chi connectivity index (χ1) is 16.5. The fourth-order valence-electron chi connectivity index (χ4n) is 5.59. The van der Waals surface area contributed by atoms with Gasteiger partial charge in [0.1, 0.15) is 5.75 Å². The van der Waals surface area contributed by atoms with Gasteiger partial charge in [-0.15, -0.1) is 0 Å². The maximum Gasteiger partial charge on any atom is 0.259 e. The van der Waals surface area contributed by atoms with Crippen LogP contribution in [0.25, 0.3) is 33.0 Å². The molecule has 2 aromatic carbocycles. The Kier molecular flexibility index (Phi) is 4.64. The average Bonchev–Trinajstić information content (AvgIpc) is 3.46. The summed E-state index contributed by atoms with van der Waals surface area (Å²) in [7, 11) is 3.55. The van der Waals surface area contributed by atoms with E-state index in [4.69, 9.17) is 4.74 Å². The van der Waals surface area contributed by atoms with E-state index in [-0.39, 0.29) is 18.4 Å². The third-order valence-corrected chi connectivity index (χ3v) is 7.23. The van der Waals surface area contributed by atoms with E-state index >= 15 is 0 Å². The quantitative estimate of drug-likeness (QED) is 0.463. The molecule has 2 aromatic heterocycles. The number of nitrogens with one attached hydrogen (secondary N) is 1. The number of aliphatic hydroxyl groups is 1. The number of hydrogen-bond acceptors (Lipinski definition) is 4. The number of para-hydroxylation sites is 1. The molecule has 1 unspecified atom stereocenters. The van der Waals surface area contributed by atoms with Crippen molar-refractivity contribution < 1.29 is 19.4 Å². The maximum atomic E-state index is 13.4. The predicted molar refractivity (Wildman–Crippen MR) is 130 cm³/mol. The monoisotopic (exact) mass is 455 g/mol. The highest BCUT2D eigenvalue weighted by Crippen LogP contribution is 2.43. The van der Waals surface area contributed by atoms with Crippen LogP contribution in [0.4, 0.5) is 0 Å². The summed E-state index contributed by atoms with van der Waals surface area (Å²) < 4.78 is 9.70. The van der Waals surface area contributed by atoms with Crippen LogP contribution >= 0.6 is 0 Å². The average molecular weight is 456 g/mol. The summed E-state index contributed by atoms with van der Waals surface area (Å²) in [6.07, 6.45) is 3.41. The third kappa shape index (κ3) is 2.86. The number of fused-ring (bicyclic) bond motifs is 4. The van der Waals surface area contributed by atoms with Gasteiger partial charge in [0.25, 0.3) is 11.8 Å². The van der Waals surface area contributed by atoms with E-state index in [1.165, 1.54) is 0 Å². The molecular weight excluding hydrogens is 430 g/mol. The number of nitrogens with zero attached hydrogens (tertiary/aromatic N) is 2. The van der Waals surface area contributed by atoms with E-state index in [1.54, 1.807) is 7.11 Å². The molecule has 6 rings (SSSR count). The second-order valence-corrected chi connectivity index (χ2v) is 9.10. The smallest absolute Gasteiger partial charge is 0.259 e. The van der Waals surface area contributed by atoms with Crippen molar-refractivity contribution in [3.05, 3.63) is 65.5 Å². The number of hydrogen-bond donors (Lipinski definition) is 2. The number of carbonyl (C=O) groups excluding carboxylic acids is 2. The van der Waals surface area contributed by atoms with Gasteiger partial charge in [0.05, 0.1) is 18.3 Å². The first kappa shape index (κ1) is 20.7. The Morgan fingerprint density at radius 3 is 2.65 bits per heavy atom. The first-order valence-corrected chi connectivity index (χ1v) is 11.5. The van der Waals surface area contributed by atoms with Crippen LogP contribution in [0, 0.1) is 5.92 Å². The van der Waals surface area contributed by atoms with Crippen LogP contribution < -0.4 is 10.1 Å². The molecule has 0 aliphatic carbocycles. The van der Waals surface area contributed by atoms with Crippen molar-refractivity contribution in [3.63, 3.8) is 0 Å². The van der Waals surface area contributed by atoms with Crippen LogP contribution in [0.1, 0.15) is 23.2 Å². The molecular formula is C27H25N3O4. The molecule has 172 valence electrons. The third-order valence-electron chi connectivity index (χ3n) is 7.23. The summed E-state index contributed by atoms with van der Waals surface area (Å²) in [6, 6.07) is 13.7. The Morgan fingerprint density at radius 1 is 1.06 bits per heavy atom. The van der Waals surface area contributed by atoms with E-state index in [2.05, 4.69) is 9.88 Å². The maximum absolute atomic E-state index is 13.4. The largest absolute Gasteiger partial charge is 0.497 e. The number of amides is 2. The lowest BCUT2D eigenvalue weighted by Crippen LogP contribution is -2.24. The van der Waals surface area contributed by atoms with E-state index in [0.29, 0.717) is 23.3 Å². The highest BCUT2D eigenvalue weighted by molar-refractivity contribution is 6.51. The van der Waals surface area contributed by atoms with E-state index in [0.717, 1.165) is 51.6 Å². The molecule has 0 spiro atoms. The van der Waals surface area contributed by atoms with Crippen molar-refractivity contribution in [2.24, 2.45) is 13.0 Å². The van der Waals surface area contributed by atoms with Crippen molar-refractivity contribution in [1.29, 1.82) is 0 Å². The van der Waals surface area contributed by atoms with Crippen LogP contribution in [-0.2, 0) is 29.6 Å². The summed E-state index contributed by atoms with van der Waals surface area (Å²) >= 11 is 0. The zero-order valence-electron chi connectivity index (χ0n) is 19.1. The number of benzene rings is 2. The van der Waals surface area contributed by atoms with Crippen molar-refractivity contribution in [2.45, 2.75) is 19.4 Å². The fourth-order valence-corrected chi connectivity index (χ4v) is 5.59. The van der Waals surface area contributed by atoms with Crippen molar-refractivity contribution in [3.8, 4) is 5.75 Å². The summed E-state index contributed by atoms with van der Waals surface area (Å²) in [5, 5.41) is 14.3. The molecule has 7 nitrogen and oxygen atoms in total. The summed E-state index contributed by atoms with van der Waals surface area (Å²) in [5.74, 6) is 0.0192. The zero-order valence-corrected chi connectivity index (χ0v) is 19.1. The number of ether oxygens (including phenoxy) is 1. The fraction of sp³-hybridized carbons (Fsp3) is 0.259. The molecule has 2 aliphatic rings. The highest BCUT2D eigenvalue weighted by Gasteiger charge is 2.38. The molecule has 0 bridgehead atoms. The van der Waals surface area contributed by atoms with Gasteiger partial charge in [-0.05, 0) is 43.0 Å². The van der Waals surface area contributed by atoms with E-state index in [9.17, 15) is 14.7 Å². The Hall–Kier alpha value is -3.84. The topological polar surface area (TPSA) is 85.5 Å². The predicted octanol–water partition coefficient (Wildman–Crippen LogP) is 3.26. The molecule has 34 heavy (non-hydrogen) atoms. The molecule has 2 N–H and O–H groups in total. The molecule has 0 saturated heterocycles. The molecule has 2 aliphatic heterocycles. The molecule has 0 saturated carbocycles. The second-order valence-electron chi connectivity index (χ2n) is 9.10. The minimum atomic E-state index is -0.392. The SMILES string of the molecule is COc1ccc2c(c1)c(C1=C(c3cn(C)c4ccccc34)C(=O)NC1=O)c1n2CCC(CO)C1. The molecule has 4 heterocycles. The minimum absolute atomic E-state index is 0.0879. The van der Waals surface area contributed by atoms with Crippen molar-refractivity contribution >= 4 is 44.8 Å². The normalized spacial score (nSPS) is 18.1. The molecule has 4 aromatic rings. The van der Waals surface area contributed by atoms with Crippen LogP contribution in [0.2, 0.25) is 0 Å². The van der Waals surface area contributed by atoms with Crippen LogP contribution in [-0.4, -0.2) is 39.8 Å². The first-order valence-electron chi connectivity index (χ1n) is 11.5. The molecule has 2 amide bonds. The van der Waals surface area contributed by atoms with Crippen molar-refractivity contribution in [2.75, 3.05) is 13.7 Å². The molecule has 7 heteroatoms. The Morgan fingerprint density at radius 2 is 1.85 bits per heavy atom. The Bertz CT molecular complexity index is 1540. The number of methoxy groups -OCH3 is 1. The Labute approximate surface area is 196 Å². The van der Waals surface area contributed by atoms with Gasteiger partial charge >= 0.3 is 0 Å². The Balaban J connectivity index is 1.72. The van der Waals surface area contributed by atoms with E-state index < -0.39 is 5.91 Å². The van der Waals surface area contributed by atoms with Gasteiger partial charge in [0.2, 0.25) is 0 Å².